The van der Waals surface area contributed by atoms with E-state index < -0.39 is 4.92 Å². The van der Waals surface area contributed by atoms with Crippen LogP contribution < -0.4 is 11.1 Å². The molecule has 76 valence electrons. The molecule has 3 N–H and O–H groups in total. The van der Waals surface area contributed by atoms with Crippen molar-refractivity contribution in [2.24, 2.45) is 0 Å². The Bertz CT molecular complexity index is 350. The molecule has 0 aliphatic carbocycles. The maximum absolute atomic E-state index is 10.5. The Hall–Kier alpha value is -1.78. The fraction of sp³-hybridized carbons (Fsp3) is 0.333. The molecule has 1 rings (SSSR count). The molecule has 0 atom stereocenters. The van der Waals surface area contributed by atoms with Gasteiger partial charge in [0.25, 0.3) is 5.69 Å². The van der Waals surface area contributed by atoms with E-state index in [1.807, 2.05) is 13.8 Å². The van der Waals surface area contributed by atoms with Crippen LogP contribution in [0.3, 0.4) is 0 Å². The van der Waals surface area contributed by atoms with E-state index in [-0.39, 0.29) is 11.7 Å². The van der Waals surface area contributed by atoms with Crippen molar-refractivity contribution in [2.75, 3.05) is 11.1 Å². The molecule has 14 heavy (non-hydrogen) atoms. The molecule has 0 unspecified atom stereocenters. The van der Waals surface area contributed by atoms with E-state index >= 15 is 0 Å². The average Bonchev–Trinajstić information content (AvgIpc) is 2.01. The molecule has 0 bridgehead atoms. The fourth-order valence-electron chi connectivity index (χ4n) is 1.16. The van der Waals surface area contributed by atoms with Gasteiger partial charge in [0.05, 0.1) is 4.92 Å². The lowest BCUT2D eigenvalue weighted by Crippen LogP contribution is -2.10. The minimum atomic E-state index is -0.456. The zero-order valence-electron chi connectivity index (χ0n) is 8.15. The topological polar surface area (TPSA) is 81.2 Å². The molecule has 1 aromatic rings. The highest BCUT2D eigenvalue weighted by Crippen LogP contribution is 2.22. The highest BCUT2D eigenvalue weighted by Gasteiger charge is 2.08. The minimum absolute atomic E-state index is 0.00755. The molecule has 1 aromatic carbocycles. The standard InChI is InChI=1S/C9H13N3O2/c1-6(2)11-8-3-7(10)4-9(5-8)12(13)14/h3-6,11H,10H2,1-2H3. The largest absolute Gasteiger partial charge is 0.398 e. The van der Waals surface area contributed by atoms with E-state index in [1.54, 1.807) is 6.07 Å². The molecule has 0 spiro atoms. The maximum Gasteiger partial charge on any atom is 0.273 e. The smallest absolute Gasteiger partial charge is 0.273 e. The van der Waals surface area contributed by atoms with Gasteiger partial charge in [-0.15, -0.1) is 0 Å². The summed E-state index contributed by atoms with van der Waals surface area (Å²) in [7, 11) is 0. The molecule has 0 radical (unpaired) electrons. The number of anilines is 2. The van der Waals surface area contributed by atoms with Gasteiger partial charge in [-0.1, -0.05) is 0 Å². The Morgan fingerprint density at radius 2 is 2.07 bits per heavy atom. The number of nitrogens with two attached hydrogens (primary N) is 1. The van der Waals surface area contributed by atoms with Crippen molar-refractivity contribution in [3.8, 4) is 0 Å². The second-order valence-corrected chi connectivity index (χ2v) is 3.37. The van der Waals surface area contributed by atoms with Crippen LogP contribution >= 0.6 is 0 Å². The van der Waals surface area contributed by atoms with Crippen molar-refractivity contribution >= 4 is 17.1 Å². The fourth-order valence-corrected chi connectivity index (χ4v) is 1.16. The number of rotatable bonds is 3. The second-order valence-electron chi connectivity index (χ2n) is 3.37. The number of nitrogens with zero attached hydrogens (tertiary/aromatic N) is 1. The molecule has 0 heterocycles. The predicted molar refractivity (Wildman–Crippen MR) is 56.3 cm³/mol. The third kappa shape index (κ3) is 2.62. The van der Waals surface area contributed by atoms with Crippen molar-refractivity contribution in [1.29, 1.82) is 0 Å². The first-order chi connectivity index (χ1) is 6.49. The summed E-state index contributed by atoms with van der Waals surface area (Å²) < 4.78 is 0. The summed E-state index contributed by atoms with van der Waals surface area (Å²) in [6.45, 7) is 3.91. The number of nitrogen functional groups attached to an aromatic ring is 1. The number of benzene rings is 1. The van der Waals surface area contributed by atoms with Crippen molar-refractivity contribution < 1.29 is 4.92 Å². The lowest BCUT2D eigenvalue weighted by Gasteiger charge is -2.09. The van der Waals surface area contributed by atoms with Crippen LogP contribution in [0.5, 0.6) is 0 Å². The van der Waals surface area contributed by atoms with Crippen LogP contribution in [0, 0.1) is 10.1 Å². The maximum atomic E-state index is 10.5. The monoisotopic (exact) mass is 195 g/mol. The Kier molecular flexibility index (Phi) is 2.91. The van der Waals surface area contributed by atoms with Crippen LogP contribution in [0.15, 0.2) is 18.2 Å². The van der Waals surface area contributed by atoms with Crippen LogP contribution in [0.4, 0.5) is 17.1 Å². The number of hydrogen-bond acceptors (Lipinski definition) is 4. The lowest BCUT2D eigenvalue weighted by atomic mass is 10.2. The normalized spacial score (nSPS) is 10.2. The molecule has 0 aromatic heterocycles. The van der Waals surface area contributed by atoms with Crippen LogP contribution in [0.1, 0.15) is 13.8 Å². The van der Waals surface area contributed by atoms with E-state index in [2.05, 4.69) is 5.32 Å². The summed E-state index contributed by atoms with van der Waals surface area (Å²) in [5, 5.41) is 13.6. The molecular formula is C9H13N3O2. The first-order valence-electron chi connectivity index (χ1n) is 4.30. The van der Waals surface area contributed by atoms with Gasteiger partial charge < -0.3 is 11.1 Å². The van der Waals surface area contributed by atoms with Gasteiger partial charge >= 0.3 is 0 Å². The van der Waals surface area contributed by atoms with E-state index in [1.165, 1.54) is 12.1 Å². The minimum Gasteiger partial charge on any atom is -0.398 e. The quantitative estimate of drug-likeness (QED) is 0.439. The number of nitro groups is 1. The van der Waals surface area contributed by atoms with Crippen molar-refractivity contribution in [3.05, 3.63) is 28.3 Å². The molecule has 0 aliphatic rings. The molecule has 0 amide bonds. The molecule has 0 aliphatic heterocycles. The summed E-state index contributed by atoms with van der Waals surface area (Å²) >= 11 is 0. The van der Waals surface area contributed by atoms with E-state index in [0.717, 1.165) is 0 Å². The molecule has 0 saturated carbocycles. The van der Waals surface area contributed by atoms with Gasteiger partial charge in [-0.05, 0) is 19.9 Å². The number of nitro benzene ring substituents is 1. The van der Waals surface area contributed by atoms with E-state index in [0.29, 0.717) is 11.4 Å². The number of non-ortho nitro benzene ring substituents is 1. The highest BCUT2D eigenvalue weighted by molar-refractivity contribution is 5.61. The summed E-state index contributed by atoms with van der Waals surface area (Å²) in [5.41, 5.74) is 6.60. The molecule has 5 heteroatoms. The lowest BCUT2D eigenvalue weighted by molar-refractivity contribution is -0.384. The molecule has 0 fully saturated rings. The first kappa shape index (κ1) is 10.3. The number of hydrogen-bond donors (Lipinski definition) is 2. The van der Waals surface area contributed by atoms with E-state index in [9.17, 15) is 10.1 Å². The van der Waals surface area contributed by atoms with Crippen LogP contribution in [0.25, 0.3) is 0 Å². The van der Waals surface area contributed by atoms with Crippen molar-refractivity contribution in [3.63, 3.8) is 0 Å². The van der Waals surface area contributed by atoms with Crippen LogP contribution in [-0.2, 0) is 0 Å². The van der Waals surface area contributed by atoms with Crippen LogP contribution in [0.2, 0.25) is 0 Å². The molecule has 0 saturated heterocycles. The van der Waals surface area contributed by atoms with Crippen molar-refractivity contribution in [2.45, 2.75) is 19.9 Å². The molecular weight excluding hydrogens is 182 g/mol. The summed E-state index contributed by atoms with van der Waals surface area (Å²) in [6, 6.07) is 4.70. The van der Waals surface area contributed by atoms with Gasteiger partial charge in [-0.3, -0.25) is 10.1 Å². The summed E-state index contributed by atoms with van der Waals surface area (Å²) in [4.78, 5) is 10.1. The van der Waals surface area contributed by atoms with Crippen LogP contribution in [-0.4, -0.2) is 11.0 Å². The third-order valence-electron chi connectivity index (χ3n) is 1.61. The van der Waals surface area contributed by atoms with Gasteiger partial charge in [0.1, 0.15) is 0 Å². The Morgan fingerprint density at radius 3 is 2.57 bits per heavy atom. The van der Waals surface area contributed by atoms with Crippen molar-refractivity contribution in [1.82, 2.24) is 0 Å². The van der Waals surface area contributed by atoms with Gasteiger partial charge in [0.15, 0.2) is 0 Å². The first-order valence-corrected chi connectivity index (χ1v) is 4.30. The summed E-state index contributed by atoms with van der Waals surface area (Å²) in [5.74, 6) is 0. The van der Waals surface area contributed by atoms with E-state index in [4.69, 9.17) is 5.73 Å². The Morgan fingerprint density at radius 1 is 1.43 bits per heavy atom. The SMILES string of the molecule is CC(C)Nc1cc(N)cc([N+](=O)[O-])c1. The van der Waals surface area contributed by atoms with Gasteiger partial charge in [-0.25, -0.2) is 0 Å². The Labute approximate surface area is 82.1 Å². The predicted octanol–water partition coefficient (Wildman–Crippen LogP) is 2.00. The third-order valence-corrected chi connectivity index (χ3v) is 1.61. The zero-order chi connectivity index (χ0) is 10.7. The van der Waals surface area contributed by atoms with Gasteiger partial charge in [0, 0.05) is 29.5 Å². The second kappa shape index (κ2) is 3.95. The van der Waals surface area contributed by atoms with Gasteiger partial charge in [0.2, 0.25) is 0 Å². The van der Waals surface area contributed by atoms with Gasteiger partial charge in [-0.2, -0.15) is 0 Å². The Balaban J connectivity index is 3.01. The zero-order valence-corrected chi connectivity index (χ0v) is 8.15. The summed E-state index contributed by atoms with van der Waals surface area (Å²) in [6.07, 6.45) is 0. The highest BCUT2D eigenvalue weighted by atomic mass is 16.6. The average molecular weight is 195 g/mol. The number of nitrogens with one attached hydrogen (secondary N) is 1. The molecule has 5 nitrogen and oxygen atoms in total.